The van der Waals surface area contributed by atoms with Gasteiger partial charge in [-0.05, 0) is 51.4 Å². The van der Waals surface area contributed by atoms with Gasteiger partial charge in [0.2, 0.25) is 0 Å². The van der Waals surface area contributed by atoms with Gasteiger partial charge in [-0.3, -0.25) is 4.79 Å². The van der Waals surface area contributed by atoms with Crippen LogP contribution in [-0.4, -0.2) is 24.8 Å². The van der Waals surface area contributed by atoms with E-state index in [1.165, 1.54) is 6.42 Å². The van der Waals surface area contributed by atoms with Gasteiger partial charge in [0.25, 0.3) is 0 Å². The number of allylic oxidation sites excluding steroid dienone is 1. The number of rotatable bonds is 10. The maximum absolute atomic E-state index is 11.8. The van der Waals surface area contributed by atoms with Gasteiger partial charge in [0, 0.05) is 19.4 Å². The summed E-state index contributed by atoms with van der Waals surface area (Å²) in [4.78, 5) is 11.8. The number of unbranched alkanes of at least 4 members (excludes halogenated alkanes) is 1. The molecule has 20 heavy (non-hydrogen) atoms. The highest BCUT2D eigenvalue weighted by Crippen LogP contribution is 2.20. The number of carbonyl (C=O) groups is 1. The molecule has 0 aromatic carbocycles. The van der Waals surface area contributed by atoms with Gasteiger partial charge in [-0.1, -0.05) is 13.0 Å². The molecule has 0 saturated carbocycles. The van der Waals surface area contributed by atoms with Gasteiger partial charge in [-0.25, -0.2) is 0 Å². The second kappa shape index (κ2) is 10.1. The van der Waals surface area contributed by atoms with E-state index in [1.807, 2.05) is 6.08 Å². The number of hydrogen-bond donors (Lipinski definition) is 0. The fraction of sp³-hybridized carbons (Fsp3) is 0.824. The zero-order valence-corrected chi connectivity index (χ0v) is 13.1. The zero-order chi connectivity index (χ0) is 14.8. The Kier molecular flexibility index (Phi) is 8.79. The van der Waals surface area contributed by atoms with Crippen molar-refractivity contribution < 1.29 is 14.3 Å². The molecule has 0 aliphatic carbocycles. The summed E-state index contributed by atoms with van der Waals surface area (Å²) in [6.45, 7) is 8.70. The molecule has 2 unspecified atom stereocenters. The molecule has 1 heterocycles. The van der Waals surface area contributed by atoms with E-state index in [0.717, 1.165) is 38.7 Å². The van der Waals surface area contributed by atoms with Crippen LogP contribution in [0.15, 0.2) is 12.7 Å². The van der Waals surface area contributed by atoms with Crippen LogP contribution in [-0.2, 0) is 14.3 Å². The fourth-order valence-electron chi connectivity index (χ4n) is 2.72. The number of carbonyl (C=O) groups excluding carboxylic acids is 1. The molecule has 0 aromatic rings. The monoisotopic (exact) mass is 282 g/mol. The van der Waals surface area contributed by atoms with Crippen LogP contribution in [0.3, 0.4) is 0 Å². The summed E-state index contributed by atoms with van der Waals surface area (Å²) >= 11 is 0. The maximum Gasteiger partial charge on any atom is 0.157 e. The van der Waals surface area contributed by atoms with E-state index < -0.39 is 0 Å². The van der Waals surface area contributed by atoms with E-state index in [9.17, 15) is 4.79 Å². The lowest BCUT2D eigenvalue weighted by atomic mass is 9.96. The van der Waals surface area contributed by atoms with E-state index >= 15 is 0 Å². The third kappa shape index (κ3) is 7.81. The van der Waals surface area contributed by atoms with Crippen molar-refractivity contribution in [2.45, 2.75) is 77.6 Å². The number of ketones is 1. The fourth-order valence-corrected chi connectivity index (χ4v) is 2.72. The third-order valence-electron chi connectivity index (χ3n) is 3.70. The van der Waals surface area contributed by atoms with Crippen LogP contribution in [0, 0.1) is 5.92 Å². The van der Waals surface area contributed by atoms with Crippen molar-refractivity contribution in [3.63, 3.8) is 0 Å². The van der Waals surface area contributed by atoms with E-state index in [1.54, 1.807) is 0 Å². The second-order valence-corrected chi connectivity index (χ2v) is 6.01. The Morgan fingerprint density at radius 2 is 2.25 bits per heavy atom. The molecule has 0 spiro atoms. The van der Waals surface area contributed by atoms with Crippen molar-refractivity contribution in [1.82, 2.24) is 0 Å². The Morgan fingerprint density at radius 1 is 1.45 bits per heavy atom. The van der Waals surface area contributed by atoms with Crippen molar-refractivity contribution >= 4 is 5.78 Å². The van der Waals surface area contributed by atoms with Crippen LogP contribution < -0.4 is 0 Å². The summed E-state index contributed by atoms with van der Waals surface area (Å²) in [5.74, 6) is 0.741. The summed E-state index contributed by atoms with van der Waals surface area (Å²) in [5, 5.41) is 0. The lowest BCUT2D eigenvalue weighted by molar-refractivity contribution is -0.187. The Morgan fingerprint density at radius 3 is 2.90 bits per heavy atom. The highest BCUT2D eigenvalue weighted by molar-refractivity contribution is 5.78. The summed E-state index contributed by atoms with van der Waals surface area (Å²) in [6.07, 6.45) is 9.45. The molecular weight excluding hydrogens is 252 g/mol. The van der Waals surface area contributed by atoms with Crippen molar-refractivity contribution in [3.8, 4) is 0 Å². The molecule has 1 rings (SSSR count). The van der Waals surface area contributed by atoms with Gasteiger partial charge in [-0.15, -0.1) is 6.58 Å². The first-order chi connectivity index (χ1) is 9.61. The van der Waals surface area contributed by atoms with Crippen LogP contribution in [0.2, 0.25) is 0 Å². The highest BCUT2D eigenvalue weighted by Gasteiger charge is 2.19. The Hall–Kier alpha value is -0.670. The van der Waals surface area contributed by atoms with Crippen molar-refractivity contribution in [3.05, 3.63) is 12.7 Å². The van der Waals surface area contributed by atoms with Crippen LogP contribution >= 0.6 is 0 Å². The first kappa shape index (κ1) is 17.4. The minimum Gasteiger partial charge on any atom is -0.353 e. The minimum absolute atomic E-state index is 0.0331. The average Bonchev–Trinajstić information content (AvgIpc) is 2.39. The quantitative estimate of drug-likeness (QED) is 0.443. The largest absolute Gasteiger partial charge is 0.353 e. The molecule has 116 valence electrons. The molecule has 0 radical (unpaired) electrons. The van der Waals surface area contributed by atoms with Gasteiger partial charge < -0.3 is 9.47 Å². The minimum atomic E-state index is -0.0331. The van der Waals surface area contributed by atoms with Gasteiger partial charge >= 0.3 is 0 Å². The molecule has 1 aliphatic rings. The average molecular weight is 282 g/mol. The molecular formula is C17H30O3. The third-order valence-corrected chi connectivity index (χ3v) is 3.70. The van der Waals surface area contributed by atoms with Crippen molar-refractivity contribution in [1.29, 1.82) is 0 Å². The summed E-state index contributed by atoms with van der Waals surface area (Å²) in [5.41, 5.74) is 0. The zero-order valence-electron chi connectivity index (χ0n) is 13.1. The molecule has 3 atom stereocenters. The van der Waals surface area contributed by atoms with E-state index in [0.29, 0.717) is 24.5 Å². The predicted molar refractivity (Wildman–Crippen MR) is 81.6 cm³/mol. The van der Waals surface area contributed by atoms with Crippen LogP contribution in [0.4, 0.5) is 0 Å². The molecule has 0 amide bonds. The second-order valence-electron chi connectivity index (χ2n) is 6.01. The summed E-state index contributed by atoms with van der Waals surface area (Å²) < 4.78 is 11.5. The van der Waals surface area contributed by atoms with Gasteiger partial charge in [-0.2, -0.15) is 0 Å². The molecule has 1 aliphatic heterocycles. The van der Waals surface area contributed by atoms with E-state index in [2.05, 4.69) is 20.4 Å². The summed E-state index contributed by atoms with van der Waals surface area (Å²) in [6, 6.07) is 0. The Bertz CT molecular complexity index is 282. The van der Waals surface area contributed by atoms with Gasteiger partial charge in [0.1, 0.15) is 5.78 Å². The maximum atomic E-state index is 11.8. The topological polar surface area (TPSA) is 35.5 Å². The molecule has 0 N–H and O–H groups in total. The summed E-state index contributed by atoms with van der Waals surface area (Å²) in [7, 11) is 0. The van der Waals surface area contributed by atoms with Gasteiger partial charge in [0.15, 0.2) is 6.29 Å². The van der Waals surface area contributed by atoms with Crippen LogP contribution in [0.1, 0.15) is 65.2 Å². The van der Waals surface area contributed by atoms with Gasteiger partial charge in [0.05, 0.1) is 6.10 Å². The first-order valence-corrected chi connectivity index (χ1v) is 8.01. The first-order valence-electron chi connectivity index (χ1n) is 8.01. The number of ether oxygens (including phenoxy) is 2. The molecule has 3 heteroatoms. The van der Waals surface area contributed by atoms with Crippen molar-refractivity contribution in [2.75, 3.05) is 6.61 Å². The number of hydrogen-bond acceptors (Lipinski definition) is 3. The normalized spacial score (nSPS) is 22.2. The number of Topliss-reactive ketones (excluding diaryl/α,β-unsaturated/α-hetero) is 1. The standard InChI is InChI=1S/C17H30O3/c1-4-5-6-9-16(18)13-14(2)12-15(3)20-17-10-7-8-11-19-17/h4,14-15,17H,1,5-13H2,2-3H3/t14?,15-,17?/m0/s1. The molecule has 1 fully saturated rings. The van der Waals surface area contributed by atoms with E-state index in [-0.39, 0.29) is 12.4 Å². The molecule has 0 aromatic heterocycles. The molecule has 3 nitrogen and oxygen atoms in total. The lowest BCUT2D eigenvalue weighted by Gasteiger charge is -2.27. The Labute approximate surface area is 123 Å². The molecule has 1 saturated heterocycles. The SMILES string of the molecule is C=CCCCC(=O)CC(C)C[C@H](C)OC1CCCCO1. The van der Waals surface area contributed by atoms with E-state index in [4.69, 9.17) is 9.47 Å². The highest BCUT2D eigenvalue weighted by atomic mass is 16.7. The lowest BCUT2D eigenvalue weighted by Crippen LogP contribution is -2.27. The molecule has 0 bridgehead atoms. The Balaban J connectivity index is 2.14. The smallest absolute Gasteiger partial charge is 0.157 e. The van der Waals surface area contributed by atoms with Crippen molar-refractivity contribution in [2.24, 2.45) is 5.92 Å². The van der Waals surface area contributed by atoms with Crippen LogP contribution in [0.25, 0.3) is 0 Å². The predicted octanol–water partition coefficient (Wildman–Crippen LogP) is 4.26. The van der Waals surface area contributed by atoms with Crippen LogP contribution in [0.5, 0.6) is 0 Å².